The first kappa shape index (κ1) is 17.9. The quantitative estimate of drug-likeness (QED) is 0.710. The molecule has 120 valence electrons. The molecule has 0 aromatic heterocycles. The molecule has 0 amide bonds. The van der Waals surface area contributed by atoms with Crippen LogP contribution in [-0.4, -0.2) is 71.9 Å². The summed E-state index contributed by atoms with van der Waals surface area (Å²) in [6.07, 6.45) is 2.24. The van der Waals surface area contributed by atoms with E-state index in [0.717, 1.165) is 19.5 Å². The highest BCUT2D eigenvalue weighted by atomic mass is 16.3. The van der Waals surface area contributed by atoms with Crippen LogP contribution in [0, 0.1) is 0 Å². The van der Waals surface area contributed by atoms with Crippen molar-refractivity contribution in [2.24, 2.45) is 0 Å². The Morgan fingerprint density at radius 2 is 1.75 bits per heavy atom. The van der Waals surface area contributed by atoms with E-state index >= 15 is 0 Å². The molecule has 1 saturated heterocycles. The molecule has 0 radical (unpaired) electrons. The molecule has 0 spiro atoms. The van der Waals surface area contributed by atoms with Crippen LogP contribution >= 0.6 is 0 Å². The van der Waals surface area contributed by atoms with Crippen molar-refractivity contribution in [2.45, 2.75) is 65.1 Å². The van der Waals surface area contributed by atoms with Crippen LogP contribution in [0.1, 0.15) is 47.5 Å². The Morgan fingerprint density at radius 3 is 2.20 bits per heavy atom. The molecule has 2 N–H and O–H groups in total. The maximum absolute atomic E-state index is 9.70. The van der Waals surface area contributed by atoms with Gasteiger partial charge in [0.05, 0.1) is 6.61 Å². The summed E-state index contributed by atoms with van der Waals surface area (Å²) >= 11 is 0. The van der Waals surface area contributed by atoms with Crippen molar-refractivity contribution in [1.29, 1.82) is 0 Å². The molecule has 1 rings (SSSR count). The first-order valence-electron chi connectivity index (χ1n) is 8.25. The van der Waals surface area contributed by atoms with Gasteiger partial charge in [-0.2, -0.15) is 0 Å². The lowest BCUT2D eigenvalue weighted by Crippen LogP contribution is -2.55. The third-order valence-corrected chi connectivity index (χ3v) is 4.30. The number of piperazine rings is 1. The number of hydrogen-bond donors (Lipinski definition) is 2. The molecular weight excluding hydrogens is 250 g/mol. The van der Waals surface area contributed by atoms with Crippen molar-refractivity contribution in [3.05, 3.63) is 0 Å². The summed E-state index contributed by atoms with van der Waals surface area (Å²) in [5.41, 5.74) is -0.172. The molecule has 0 aliphatic carbocycles. The molecule has 20 heavy (non-hydrogen) atoms. The molecular formula is C16H35N3O. The lowest BCUT2D eigenvalue weighted by molar-refractivity contribution is 0.0692. The summed E-state index contributed by atoms with van der Waals surface area (Å²) in [6, 6.07) is 0.919. The highest BCUT2D eigenvalue weighted by Crippen LogP contribution is 2.18. The number of nitrogens with zero attached hydrogens (tertiary/aromatic N) is 2. The SMILES string of the molecule is CCCN1CCN(C(C)CC(C)(CO)NC(C)C)CC1. The van der Waals surface area contributed by atoms with Gasteiger partial charge in [-0.3, -0.25) is 4.90 Å². The zero-order valence-corrected chi connectivity index (χ0v) is 14.2. The van der Waals surface area contributed by atoms with E-state index in [9.17, 15) is 5.11 Å². The number of hydrogen-bond acceptors (Lipinski definition) is 4. The largest absolute Gasteiger partial charge is 0.394 e. The first-order chi connectivity index (χ1) is 9.40. The summed E-state index contributed by atoms with van der Waals surface area (Å²) in [5.74, 6) is 0. The van der Waals surface area contributed by atoms with E-state index in [1.807, 2.05) is 0 Å². The highest BCUT2D eigenvalue weighted by Gasteiger charge is 2.30. The number of rotatable bonds is 8. The molecule has 0 bridgehead atoms. The van der Waals surface area contributed by atoms with Gasteiger partial charge >= 0.3 is 0 Å². The number of aliphatic hydroxyl groups is 1. The van der Waals surface area contributed by atoms with Crippen LogP contribution in [0.15, 0.2) is 0 Å². The lowest BCUT2D eigenvalue weighted by Gasteiger charge is -2.41. The molecule has 1 fully saturated rings. The van der Waals surface area contributed by atoms with Gasteiger partial charge in [-0.25, -0.2) is 0 Å². The predicted molar refractivity (Wildman–Crippen MR) is 86.1 cm³/mol. The van der Waals surface area contributed by atoms with Gasteiger partial charge in [0.25, 0.3) is 0 Å². The van der Waals surface area contributed by atoms with Crippen molar-refractivity contribution < 1.29 is 5.11 Å². The third kappa shape index (κ3) is 5.68. The lowest BCUT2D eigenvalue weighted by atomic mass is 9.92. The van der Waals surface area contributed by atoms with Crippen LogP contribution < -0.4 is 5.32 Å². The van der Waals surface area contributed by atoms with E-state index in [1.165, 1.54) is 26.1 Å². The van der Waals surface area contributed by atoms with Crippen LogP contribution in [0.5, 0.6) is 0 Å². The smallest absolute Gasteiger partial charge is 0.0611 e. The van der Waals surface area contributed by atoms with Gasteiger partial charge < -0.3 is 15.3 Å². The fraction of sp³-hybridized carbons (Fsp3) is 1.00. The van der Waals surface area contributed by atoms with Crippen molar-refractivity contribution in [1.82, 2.24) is 15.1 Å². The van der Waals surface area contributed by atoms with Gasteiger partial charge in [-0.1, -0.05) is 20.8 Å². The van der Waals surface area contributed by atoms with Crippen molar-refractivity contribution in [2.75, 3.05) is 39.3 Å². The van der Waals surface area contributed by atoms with Gasteiger partial charge in [0.15, 0.2) is 0 Å². The number of aliphatic hydroxyl groups excluding tert-OH is 1. The van der Waals surface area contributed by atoms with Crippen molar-refractivity contribution in [3.8, 4) is 0 Å². The average molecular weight is 285 g/mol. The molecule has 2 atom stereocenters. The van der Waals surface area contributed by atoms with Gasteiger partial charge in [0.2, 0.25) is 0 Å². The summed E-state index contributed by atoms with van der Waals surface area (Å²) in [5, 5.41) is 13.2. The Bertz CT molecular complexity index is 264. The Kier molecular flexibility index (Phi) is 7.45. The molecule has 0 aromatic rings. The van der Waals surface area contributed by atoms with E-state index in [0.29, 0.717) is 12.1 Å². The standard InChI is InChI=1S/C16H35N3O/c1-6-7-18-8-10-19(11-9-18)15(4)12-16(5,13-20)17-14(2)3/h14-15,17,20H,6-13H2,1-5H3. The molecule has 0 saturated carbocycles. The molecule has 1 aliphatic rings. The minimum Gasteiger partial charge on any atom is -0.394 e. The topological polar surface area (TPSA) is 38.7 Å². The second kappa shape index (κ2) is 8.32. The monoisotopic (exact) mass is 285 g/mol. The Labute approximate surface area is 125 Å². The second-order valence-electron chi connectivity index (χ2n) is 6.95. The van der Waals surface area contributed by atoms with Gasteiger partial charge in [-0.15, -0.1) is 0 Å². The van der Waals surface area contributed by atoms with E-state index in [2.05, 4.69) is 49.7 Å². The fourth-order valence-electron chi connectivity index (χ4n) is 3.39. The Hall–Kier alpha value is -0.160. The van der Waals surface area contributed by atoms with Crippen molar-refractivity contribution >= 4 is 0 Å². The minimum absolute atomic E-state index is 0.172. The molecule has 1 heterocycles. The van der Waals surface area contributed by atoms with Gasteiger partial charge in [-0.05, 0) is 33.2 Å². The van der Waals surface area contributed by atoms with Gasteiger partial charge in [0, 0.05) is 43.8 Å². The van der Waals surface area contributed by atoms with Gasteiger partial charge in [0.1, 0.15) is 0 Å². The molecule has 4 nitrogen and oxygen atoms in total. The maximum atomic E-state index is 9.70. The molecule has 0 aromatic carbocycles. The van der Waals surface area contributed by atoms with E-state index in [1.54, 1.807) is 0 Å². The number of nitrogens with one attached hydrogen (secondary N) is 1. The van der Waals surface area contributed by atoms with Crippen LogP contribution in [-0.2, 0) is 0 Å². The molecule has 2 unspecified atom stereocenters. The first-order valence-corrected chi connectivity index (χ1v) is 8.25. The highest BCUT2D eigenvalue weighted by molar-refractivity contribution is 4.89. The third-order valence-electron chi connectivity index (χ3n) is 4.30. The zero-order chi connectivity index (χ0) is 15.2. The molecule has 1 aliphatic heterocycles. The van der Waals surface area contributed by atoms with Crippen LogP contribution in [0.25, 0.3) is 0 Å². The second-order valence-corrected chi connectivity index (χ2v) is 6.95. The summed E-state index contributed by atoms with van der Waals surface area (Å²) in [4.78, 5) is 5.13. The van der Waals surface area contributed by atoms with Crippen LogP contribution in [0.2, 0.25) is 0 Å². The predicted octanol–water partition coefficient (Wildman–Crippen LogP) is 1.54. The maximum Gasteiger partial charge on any atom is 0.0611 e. The summed E-state index contributed by atoms with van der Waals surface area (Å²) in [7, 11) is 0. The summed E-state index contributed by atoms with van der Waals surface area (Å²) < 4.78 is 0. The minimum atomic E-state index is -0.172. The normalized spacial score (nSPS) is 22.9. The Balaban J connectivity index is 2.44. The fourth-order valence-corrected chi connectivity index (χ4v) is 3.39. The Morgan fingerprint density at radius 1 is 1.15 bits per heavy atom. The van der Waals surface area contributed by atoms with Crippen LogP contribution in [0.4, 0.5) is 0 Å². The molecule has 4 heteroatoms. The zero-order valence-electron chi connectivity index (χ0n) is 14.2. The van der Waals surface area contributed by atoms with E-state index in [-0.39, 0.29) is 12.1 Å². The summed E-state index contributed by atoms with van der Waals surface area (Å²) in [6.45, 7) is 17.1. The van der Waals surface area contributed by atoms with E-state index in [4.69, 9.17) is 0 Å². The van der Waals surface area contributed by atoms with Crippen molar-refractivity contribution in [3.63, 3.8) is 0 Å². The van der Waals surface area contributed by atoms with E-state index < -0.39 is 0 Å². The van der Waals surface area contributed by atoms with Crippen LogP contribution in [0.3, 0.4) is 0 Å². The average Bonchev–Trinajstić information content (AvgIpc) is 2.39.